The second kappa shape index (κ2) is 7.45. The summed E-state index contributed by atoms with van der Waals surface area (Å²) < 4.78 is 0. The Morgan fingerprint density at radius 3 is 2.94 bits per heavy atom. The highest BCUT2D eigenvalue weighted by Gasteiger charge is 2.12. The molecule has 0 saturated heterocycles. The Hall–Kier alpha value is -0.980. The van der Waals surface area contributed by atoms with Gasteiger partial charge in [0.15, 0.2) is 5.82 Å². The molecule has 0 bridgehead atoms. The van der Waals surface area contributed by atoms with Gasteiger partial charge in [0.1, 0.15) is 0 Å². The van der Waals surface area contributed by atoms with Crippen molar-refractivity contribution in [2.75, 3.05) is 16.9 Å². The maximum Gasteiger partial charge on any atom is 0.253 e. The van der Waals surface area contributed by atoms with E-state index in [1.165, 1.54) is 6.20 Å². The van der Waals surface area contributed by atoms with Crippen LogP contribution in [-0.2, 0) is 0 Å². The predicted molar refractivity (Wildman–Crippen MR) is 77.0 cm³/mol. The molecule has 1 aromatic rings. The third-order valence-corrected chi connectivity index (χ3v) is 3.62. The molecule has 5 nitrogen and oxygen atoms in total. The van der Waals surface area contributed by atoms with E-state index in [9.17, 15) is 4.79 Å². The maximum atomic E-state index is 11.9. The molecule has 0 radical (unpaired) electrons. The van der Waals surface area contributed by atoms with Gasteiger partial charge in [-0.3, -0.25) is 4.79 Å². The van der Waals surface area contributed by atoms with Crippen molar-refractivity contribution in [3.05, 3.63) is 22.8 Å². The lowest BCUT2D eigenvalue weighted by molar-refractivity contribution is 0.0943. The topological polar surface area (TPSA) is 80.0 Å². The fourth-order valence-corrected chi connectivity index (χ4v) is 2.21. The molecule has 100 valence electrons. The van der Waals surface area contributed by atoms with Gasteiger partial charge in [-0.1, -0.05) is 18.5 Å². The van der Waals surface area contributed by atoms with Crippen molar-refractivity contribution in [2.45, 2.75) is 19.9 Å². The van der Waals surface area contributed by atoms with Crippen LogP contribution in [0.2, 0.25) is 5.02 Å². The molecule has 0 fully saturated rings. The number of nitrogens with zero attached hydrogens (tertiary/aromatic N) is 1. The Morgan fingerprint density at radius 2 is 2.39 bits per heavy atom. The van der Waals surface area contributed by atoms with Crippen molar-refractivity contribution >= 4 is 35.1 Å². The number of nitrogens with one attached hydrogen (secondary N) is 2. The van der Waals surface area contributed by atoms with Crippen LogP contribution < -0.4 is 16.6 Å². The number of hydrogen-bond donors (Lipinski definition) is 3. The zero-order valence-corrected chi connectivity index (χ0v) is 11.9. The number of nitrogens with two attached hydrogens (primary N) is 1. The van der Waals surface area contributed by atoms with Crippen LogP contribution in [0.1, 0.15) is 24.2 Å². The summed E-state index contributed by atoms with van der Waals surface area (Å²) in [5, 5.41) is 3.21. The molecule has 0 aliphatic heterocycles. The number of rotatable bonds is 6. The van der Waals surface area contributed by atoms with Gasteiger partial charge in [0, 0.05) is 18.0 Å². The summed E-state index contributed by atoms with van der Waals surface area (Å²) in [5.74, 6) is 7.29. The molecular formula is C11H17ClN4OS. The zero-order chi connectivity index (χ0) is 13.5. The first kappa shape index (κ1) is 15.1. The molecule has 0 aliphatic rings. The first-order valence-corrected chi connectivity index (χ1v) is 7.12. The standard InChI is InChI=1S/C11H17ClN4OS/c1-3-18-6-7(2)15-11(17)8-4-9(12)10(16-13)14-5-8/h4-5,7H,3,6,13H2,1-2H3,(H,14,16)(H,15,17). The minimum Gasteiger partial charge on any atom is -0.349 e. The van der Waals surface area contributed by atoms with E-state index in [1.807, 2.05) is 6.92 Å². The van der Waals surface area contributed by atoms with Crippen molar-refractivity contribution in [3.8, 4) is 0 Å². The summed E-state index contributed by atoms with van der Waals surface area (Å²) in [5.41, 5.74) is 2.78. The van der Waals surface area contributed by atoms with Crippen LogP contribution in [0.5, 0.6) is 0 Å². The van der Waals surface area contributed by atoms with Gasteiger partial charge in [-0.2, -0.15) is 11.8 Å². The van der Waals surface area contributed by atoms with Crippen LogP contribution in [0.4, 0.5) is 5.82 Å². The molecule has 1 heterocycles. The van der Waals surface area contributed by atoms with E-state index < -0.39 is 0 Å². The minimum absolute atomic E-state index is 0.105. The van der Waals surface area contributed by atoms with Gasteiger partial charge < -0.3 is 10.7 Å². The van der Waals surface area contributed by atoms with Gasteiger partial charge in [0.05, 0.1) is 10.6 Å². The van der Waals surface area contributed by atoms with Gasteiger partial charge in [-0.25, -0.2) is 10.8 Å². The maximum absolute atomic E-state index is 11.9. The van der Waals surface area contributed by atoms with Crippen LogP contribution in [0.3, 0.4) is 0 Å². The number of anilines is 1. The molecule has 0 aliphatic carbocycles. The monoisotopic (exact) mass is 288 g/mol. The zero-order valence-electron chi connectivity index (χ0n) is 10.4. The van der Waals surface area contributed by atoms with Crippen LogP contribution >= 0.6 is 23.4 Å². The fraction of sp³-hybridized carbons (Fsp3) is 0.455. The first-order valence-electron chi connectivity index (χ1n) is 5.59. The van der Waals surface area contributed by atoms with E-state index in [2.05, 4.69) is 22.7 Å². The van der Waals surface area contributed by atoms with Crippen molar-refractivity contribution < 1.29 is 4.79 Å². The quantitative estimate of drug-likeness (QED) is 0.550. The number of carbonyl (C=O) groups excluding carboxylic acids is 1. The smallest absolute Gasteiger partial charge is 0.253 e. The first-order chi connectivity index (χ1) is 8.58. The summed E-state index contributed by atoms with van der Waals surface area (Å²) in [4.78, 5) is 15.9. The van der Waals surface area contributed by atoms with E-state index in [4.69, 9.17) is 17.4 Å². The highest BCUT2D eigenvalue weighted by Crippen LogP contribution is 2.18. The Labute approximate surface area is 116 Å². The van der Waals surface area contributed by atoms with Crippen LogP contribution in [0, 0.1) is 0 Å². The number of halogens is 1. The number of pyridine rings is 1. The molecule has 0 spiro atoms. The van der Waals surface area contributed by atoms with Gasteiger partial charge in [0.2, 0.25) is 0 Å². The summed E-state index contributed by atoms with van der Waals surface area (Å²) >= 11 is 7.68. The molecule has 1 unspecified atom stereocenters. The number of hydrogen-bond acceptors (Lipinski definition) is 5. The second-order valence-corrected chi connectivity index (χ2v) is 5.46. The summed E-state index contributed by atoms with van der Waals surface area (Å²) in [6.45, 7) is 4.05. The highest BCUT2D eigenvalue weighted by atomic mass is 35.5. The van der Waals surface area contributed by atoms with E-state index in [0.29, 0.717) is 16.4 Å². The number of nitrogen functional groups attached to an aromatic ring is 1. The number of amides is 1. The lowest BCUT2D eigenvalue weighted by atomic mass is 10.2. The van der Waals surface area contributed by atoms with Crippen molar-refractivity contribution in [2.24, 2.45) is 5.84 Å². The third kappa shape index (κ3) is 4.36. The lowest BCUT2D eigenvalue weighted by Gasteiger charge is -2.13. The Morgan fingerprint density at radius 1 is 1.67 bits per heavy atom. The van der Waals surface area contributed by atoms with Crippen molar-refractivity contribution in [3.63, 3.8) is 0 Å². The molecule has 7 heteroatoms. The Balaban J connectivity index is 2.64. The number of thioether (sulfide) groups is 1. The highest BCUT2D eigenvalue weighted by molar-refractivity contribution is 7.99. The van der Waals surface area contributed by atoms with E-state index in [0.717, 1.165) is 11.5 Å². The summed E-state index contributed by atoms with van der Waals surface area (Å²) in [6, 6.07) is 1.65. The van der Waals surface area contributed by atoms with E-state index in [-0.39, 0.29) is 11.9 Å². The van der Waals surface area contributed by atoms with Crippen LogP contribution in [-0.4, -0.2) is 28.4 Å². The average molecular weight is 289 g/mol. The SMILES string of the molecule is CCSCC(C)NC(=O)c1cnc(NN)c(Cl)c1. The van der Waals surface area contributed by atoms with Crippen molar-refractivity contribution in [1.82, 2.24) is 10.3 Å². The van der Waals surface area contributed by atoms with Crippen molar-refractivity contribution in [1.29, 1.82) is 0 Å². The van der Waals surface area contributed by atoms with Crippen LogP contribution in [0.25, 0.3) is 0 Å². The molecule has 1 rings (SSSR count). The average Bonchev–Trinajstić information content (AvgIpc) is 2.36. The van der Waals surface area contributed by atoms with E-state index >= 15 is 0 Å². The van der Waals surface area contributed by atoms with Gasteiger partial charge >= 0.3 is 0 Å². The van der Waals surface area contributed by atoms with Crippen LogP contribution in [0.15, 0.2) is 12.3 Å². The minimum atomic E-state index is -0.183. The number of aromatic nitrogens is 1. The normalized spacial score (nSPS) is 12.0. The Bertz CT molecular complexity index is 416. The predicted octanol–water partition coefficient (Wildman–Crippen LogP) is 1.89. The number of carbonyl (C=O) groups is 1. The van der Waals surface area contributed by atoms with Gasteiger partial charge in [0.25, 0.3) is 5.91 Å². The third-order valence-electron chi connectivity index (χ3n) is 2.19. The largest absolute Gasteiger partial charge is 0.349 e. The molecular weight excluding hydrogens is 272 g/mol. The van der Waals surface area contributed by atoms with Gasteiger partial charge in [-0.05, 0) is 18.7 Å². The lowest BCUT2D eigenvalue weighted by Crippen LogP contribution is -2.34. The molecule has 0 aromatic carbocycles. The molecule has 1 amide bonds. The van der Waals surface area contributed by atoms with Gasteiger partial charge in [-0.15, -0.1) is 0 Å². The molecule has 18 heavy (non-hydrogen) atoms. The Kier molecular flexibility index (Phi) is 6.24. The molecule has 0 saturated carbocycles. The fourth-order valence-electron chi connectivity index (χ4n) is 1.31. The molecule has 1 atom stereocenters. The summed E-state index contributed by atoms with van der Waals surface area (Å²) in [6.07, 6.45) is 1.44. The second-order valence-electron chi connectivity index (χ2n) is 3.73. The molecule has 1 aromatic heterocycles. The molecule has 4 N–H and O–H groups in total. The van der Waals surface area contributed by atoms with E-state index in [1.54, 1.807) is 17.8 Å². The number of hydrazine groups is 1. The summed E-state index contributed by atoms with van der Waals surface area (Å²) in [7, 11) is 0.